The molecule has 0 amide bonds. The first-order valence-corrected chi connectivity index (χ1v) is 11.0. The van der Waals surface area contributed by atoms with E-state index in [1.807, 2.05) is 0 Å². The molecule has 0 spiro atoms. The van der Waals surface area contributed by atoms with Crippen LogP contribution in [0.1, 0.15) is 47.0 Å². The highest BCUT2D eigenvalue weighted by molar-refractivity contribution is 6.35. The average molecular weight is 461 g/mol. The molecule has 0 bridgehead atoms. The molecular weight excluding hydrogens is 434 g/mol. The van der Waals surface area contributed by atoms with Gasteiger partial charge < -0.3 is 15.3 Å². The van der Waals surface area contributed by atoms with E-state index < -0.39 is 55.8 Å². The van der Waals surface area contributed by atoms with Crippen molar-refractivity contribution in [2.45, 2.75) is 62.5 Å². The second-order valence-corrected chi connectivity index (χ2v) is 11.5. The third-order valence-corrected chi connectivity index (χ3v) is 10.4. The summed E-state index contributed by atoms with van der Waals surface area (Å²) < 4.78 is 15.0. The fourth-order valence-electron chi connectivity index (χ4n) is 7.58. The molecule has 0 aliphatic heterocycles. The molecule has 0 aromatic rings. The molecule has 3 saturated carbocycles. The topological polar surface area (TPSA) is 94.8 Å². The van der Waals surface area contributed by atoms with Crippen molar-refractivity contribution in [3.8, 4) is 0 Å². The van der Waals surface area contributed by atoms with Crippen molar-refractivity contribution in [2.24, 2.45) is 34.5 Å². The van der Waals surface area contributed by atoms with Crippen LogP contribution in [-0.2, 0) is 9.59 Å². The van der Waals surface area contributed by atoms with Crippen LogP contribution in [0.15, 0.2) is 23.6 Å². The van der Waals surface area contributed by atoms with E-state index in [0.717, 1.165) is 6.08 Å². The maximum atomic E-state index is 15.0. The Bertz CT molecular complexity index is 915. The molecule has 0 aromatic carbocycles. The van der Waals surface area contributed by atoms with Crippen LogP contribution in [0.2, 0.25) is 0 Å². The van der Waals surface area contributed by atoms with Crippen LogP contribution >= 0.6 is 23.2 Å². The maximum absolute atomic E-state index is 15.0. The van der Waals surface area contributed by atoms with Crippen molar-refractivity contribution in [3.05, 3.63) is 23.6 Å². The number of halogens is 3. The number of hydrogen-bond donors (Lipinski definition) is 3. The number of carbonyl (C=O) groups is 2. The van der Waals surface area contributed by atoms with Crippen LogP contribution in [0.5, 0.6) is 0 Å². The van der Waals surface area contributed by atoms with Gasteiger partial charge >= 0.3 is 5.97 Å². The fourth-order valence-corrected chi connectivity index (χ4v) is 8.67. The third kappa shape index (κ3) is 2.17. The van der Waals surface area contributed by atoms with Gasteiger partial charge in [-0.3, -0.25) is 4.79 Å². The molecule has 3 N–H and O–H groups in total. The number of rotatable bonds is 1. The Balaban J connectivity index is 1.96. The van der Waals surface area contributed by atoms with Crippen LogP contribution in [0.3, 0.4) is 0 Å². The molecule has 5 nitrogen and oxygen atoms in total. The van der Waals surface area contributed by atoms with Gasteiger partial charge in [0, 0.05) is 17.3 Å². The lowest BCUT2D eigenvalue weighted by Crippen LogP contribution is -2.73. The number of allylic oxidation sites excluding steroid dienone is 4. The van der Waals surface area contributed by atoms with E-state index in [1.54, 1.807) is 27.7 Å². The molecule has 4 aliphatic rings. The zero-order chi connectivity index (χ0) is 22.7. The highest BCUT2D eigenvalue weighted by atomic mass is 35.5. The van der Waals surface area contributed by atoms with E-state index in [0.29, 0.717) is 12.8 Å². The minimum absolute atomic E-state index is 0.225. The average Bonchev–Trinajstić information content (AvgIpc) is 2.82. The number of carbonyl (C=O) groups excluding carboxylic acids is 1. The van der Waals surface area contributed by atoms with Crippen LogP contribution in [0.4, 0.5) is 4.39 Å². The fraction of sp³-hybridized carbons (Fsp3) is 0.727. The van der Waals surface area contributed by atoms with Crippen molar-refractivity contribution in [2.75, 3.05) is 0 Å². The quantitative estimate of drug-likeness (QED) is 0.517. The van der Waals surface area contributed by atoms with Gasteiger partial charge in [-0.25, -0.2) is 9.18 Å². The maximum Gasteiger partial charge on any atom is 0.336 e. The Labute approximate surface area is 184 Å². The van der Waals surface area contributed by atoms with E-state index in [1.165, 1.54) is 6.08 Å². The van der Waals surface area contributed by atoms with Gasteiger partial charge in [0.2, 0.25) is 5.78 Å². The first kappa shape index (κ1) is 22.3. The van der Waals surface area contributed by atoms with Gasteiger partial charge in [-0.1, -0.05) is 45.4 Å². The van der Waals surface area contributed by atoms with Gasteiger partial charge in [0.25, 0.3) is 0 Å². The number of carboxylic acid groups (broad SMARTS) is 1. The molecule has 0 aromatic heterocycles. The molecule has 30 heavy (non-hydrogen) atoms. The van der Waals surface area contributed by atoms with Crippen LogP contribution in [-0.4, -0.2) is 42.6 Å². The van der Waals surface area contributed by atoms with Crippen molar-refractivity contribution in [1.82, 2.24) is 0 Å². The van der Waals surface area contributed by atoms with Gasteiger partial charge in [-0.15, -0.1) is 11.6 Å². The Morgan fingerprint density at radius 3 is 2.33 bits per heavy atom. The van der Waals surface area contributed by atoms with Gasteiger partial charge in [0.1, 0.15) is 4.87 Å². The Hall–Kier alpha value is -0.950. The number of fused-ring (bicyclic) bond motifs is 5. The molecule has 0 unspecified atom stereocenters. The number of carboxylic acids is 1. The molecule has 9 atom stereocenters. The zero-order valence-electron chi connectivity index (χ0n) is 17.4. The first-order chi connectivity index (χ1) is 13.6. The standard InChI is InChI=1S/C22H27Cl2FO5/c1-10-7-13-12-8-11(2)21(30,17(27)28)19(12,4)9-20(23,29)22(13,24)18(3)6-5-14(26)16(25)15(10)18/h5-6,10-13,29-30H,7-9H2,1-4H3,(H,27,28)/t10-,11+,12-,13-,18-,19-,20+,21-,22+/m0/s1. The van der Waals surface area contributed by atoms with Crippen molar-refractivity contribution in [3.63, 3.8) is 0 Å². The Kier molecular flexibility index (Phi) is 4.52. The minimum Gasteiger partial charge on any atom is -0.479 e. The summed E-state index contributed by atoms with van der Waals surface area (Å²) in [5, 5.41) is 30.6. The molecule has 0 radical (unpaired) electrons. The Morgan fingerprint density at radius 1 is 1.17 bits per heavy atom. The van der Waals surface area contributed by atoms with Crippen LogP contribution in [0.25, 0.3) is 0 Å². The molecule has 8 heteroatoms. The minimum atomic E-state index is -2.15. The van der Waals surface area contributed by atoms with E-state index in [9.17, 15) is 24.9 Å². The highest BCUT2D eigenvalue weighted by Gasteiger charge is 2.79. The van der Waals surface area contributed by atoms with Crippen LogP contribution < -0.4 is 0 Å². The lowest BCUT2D eigenvalue weighted by molar-refractivity contribution is -0.200. The normalized spacial score (nSPS) is 55.2. The smallest absolute Gasteiger partial charge is 0.336 e. The summed E-state index contributed by atoms with van der Waals surface area (Å²) in [6, 6.07) is 0. The molecule has 0 heterocycles. The summed E-state index contributed by atoms with van der Waals surface area (Å²) in [7, 11) is 0. The number of aliphatic hydroxyl groups is 2. The SMILES string of the molecule is C[C@@H]1C[C@H]2[C@@H]3C[C@H](C)C4=C(F)C(=O)C=C[C@]4(C)[C@@]3(Cl)[C@@](O)(Cl)C[C@]2(C)[C@@]1(O)C(=O)O. The van der Waals surface area contributed by atoms with Crippen molar-refractivity contribution < 1.29 is 29.3 Å². The number of hydrogen-bond acceptors (Lipinski definition) is 4. The lowest BCUT2D eigenvalue weighted by atomic mass is 9.44. The largest absolute Gasteiger partial charge is 0.479 e. The number of alkyl halides is 2. The van der Waals surface area contributed by atoms with Gasteiger partial charge in [-0.2, -0.15) is 0 Å². The number of ketones is 1. The van der Waals surface area contributed by atoms with Gasteiger partial charge in [-0.05, 0) is 48.2 Å². The van der Waals surface area contributed by atoms with E-state index in [-0.39, 0.29) is 23.8 Å². The second kappa shape index (κ2) is 6.09. The van der Waals surface area contributed by atoms with Crippen molar-refractivity contribution >= 4 is 35.0 Å². The lowest BCUT2D eigenvalue weighted by Gasteiger charge is -2.67. The molecule has 3 fully saturated rings. The van der Waals surface area contributed by atoms with Crippen LogP contribution in [0, 0.1) is 34.5 Å². The van der Waals surface area contributed by atoms with E-state index in [2.05, 4.69) is 0 Å². The first-order valence-electron chi connectivity index (χ1n) is 10.3. The summed E-state index contributed by atoms with van der Waals surface area (Å²) in [4.78, 5) is 22.6. The van der Waals surface area contributed by atoms with E-state index >= 15 is 4.39 Å². The van der Waals surface area contributed by atoms with Crippen molar-refractivity contribution in [1.29, 1.82) is 0 Å². The predicted molar refractivity (Wildman–Crippen MR) is 110 cm³/mol. The number of aliphatic carboxylic acids is 1. The summed E-state index contributed by atoms with van der Waals surface area (Å²) in [5.74, 6) is -4.78. The van der Waals surface area contributed by atoms with Gasteiger partial charge in [0.05, 0.1) is 0 Å². The summed E-state index contributed by atoms with van der Waals surface area (Å²) in [6.45, 7) is 6.81. The third-order valence-electron chi connectivity index (χ3n) is 8.93. The molecule has 4 rings (SSSR count). The Morgan fingerprint density at radius 2 is 1.77 bits per heavy atom. The monoisotopic (exact) mass is 460 g/mol. The zero-order valence-corrected chi connectivity index (χ0v) is 18.9. The summed E-state index contributed by atoms with van der Waals surface area (Å²) >= 11 is 14.0. The van der Waals surface area contributed by atoms with Gasteiger partial charge in [0.15, 0.2) is 16.5 Å². The molecule has 0 saturated heterocycles. The molecule has 4 aliphatic carbocycles. The highest BCUT2D eigenvalue weighted by Crippen LogP contribution is 2.75. The summed E-state index contributed by atoms with van der Waals surface area (Å²) in [6.07, 6.45) is 3.09. The molecular formula is C22H27Cl2FO5. The molecule has 166 valence electrons. The van der Waals surface area contributed by atoms with E-state index in [4.69, 9.17) is 23.2 Å². The second-order valence-electron chi connectivity index (χ2n) is 10.3. The predicted octanol–water partition coefficient (Wildman–Crippen LogP) is 3.80. The summed E-state index contributed by atoms with van der Waals surface area (Å²) in [5.41, 5.74) is -4.34.